The summed E-state index contributed by atoms with van der Waals surface area (Å²) in [4.78, 5) is 52.6. The molecule has 0 spiro atoms. The summed E-state index contributed by atoms with van der Waals surface area (Å²) in [5.74, 6) is 0.459. The van der Waals surface area contributed by atoms with Gasteiger partial charge in [0, 0.05) is 31.2 Å². The molecule has 0 aromatic carbocycles. The van der Waals surface area contributed by atoms with E-state index in [9.17, 15) is 14.4 Å². The van der Waals surface area contributed by atoms with Crippen molar-refractivity contribution in [2.45, 2.75) is 85.4 Å². The number of furan rings is 1. The van der Waals surface area contributed by atoms with Crippen molar-refractivity contribution in [1.82, 2.24) is 19.8 Å². The van der Waals surface area contributed by atoms with Gasteiger partial charge < -0.3 is 29.0 Å². The zero-order chi connectivity index (χ0) is 30.5. The van der Waals surface area contributed by atoms with Crippen LogP contribution >= 0.6 is 0 Å². The number of aromatic nitrogens is 2. The van der Waals surface area contributed by atoms with Crippen LogP contribution in [0.2, 0.25) is 0 Å². The molecule has 1 saturated heterocycles. The number of anilines is 1. The second-order valence-corrected chi connectivity index (χ2v) is 13.0. The molecule has 11 heteroatoms. The molecule has 11 nitrogen and oxygen atoms in total. The number of likely N-dealkylation sites (tertiary alicyclic amines) is 1. The van der Waals surface area contributed by atoms with Gasteiger partial charge in [-0.1, -0.05) is 34.6 Å². The normalized spacial score (nSPS) is 17.8. The summed E-state index contributed by atoms with van der Waals surface area (Å²) in [7, 11) is 1.33. The maximum Gasteiger partial charge on any atom is 0.410 e. The van der Waals surface area contributed by atoms with E-state index >= 15 is 0 Å². The number of piperidine rings is 1. The number of hydrogen-bond donors (Lipinski definition) is 1. The van der Waals surface area contributed by atoms with Crippen LogP contribution in [0.25, 0.3) is 0 Å². The first-order valence-corrected chi connectivity index (χ1v) is 14.1. The number of nitrogens with one attached hydrogen (secondary N) is 1. The molecule has 1 aliphatic rings. The molecule has 41 heavy (non-hydrogen) atoms. The van der Waals surface area contributed by atoms with Gasteiger partial charge in [0.05, 0.1) is 31.9 Å². The number of nitrogens with zero attached hydrogens (tertiary/aromatic N) is 4. The van der Waals surface area contributed by atoms with E-state index in [-0.39, 0.29) is 30.3 Å². The van der Waals surface area contributed by atoms with Crippen molar-refractivity contribution in [1.29, 1.82) is 0 Å². The molecule has 2 aromatic rings. The van der Waals surface area contributed by atoms with Gasteiger partial charge in [-0.05, 0) is 45.2 Å². The van der Waals surface area contributed by atoms with Gasteiger partial charge in [-0.2, -0.15) is 0 Å². The Morgan fingerprint density at radius 1 is 1.17 bits per heavy atom. The largest absolute Gasteiger partial charge is 0.469 e. The van der Waals surface area contributed by atoms with Gasteiger partial charge >= 0.3 is 12.1 Å². The molecular weight excluding hydrogens is 526 g/mol. The van der Waals surface area contributed by atoms with E-state index in [1.165, 1.54) is 12.0 Å². The molecule has 1 aliphatic heterocycles. The molecule has 3 heterocycles. The second kappa shape index (κ2) is 12.9. The van der Waals surface area contributed by atoms with E-state index in [1.807, 2.05) is 40.7 Å². The molecule has 1 N–H and O–H groups in total. The lowest BCUT2D eigenvalue weighted by Crippen LogP contribution is -2.57. The standard InChI is InChI=1S/C30H45N5O6/c1-19(2)16-35(21-13-20(26(37)39-9)17-34(18-21)28(38)41-30(6,7)8)25(36)23-15-32-27(29(3,4)5)33-24(23)31-14-22-11-10-12-40-22/h10-12,15,19-21H,13-14,16-18H2,1-9H3,(H,31,32,33)/t20-,21+/m0/s1. The third kappa shape index (κ3) is 8.68. The molecule has 0 aliphatic carbocycles. The van der Waals surface area contributed by atoms with Crippen molar-refractivity contribution < 1.29 is 28.3 Å². The monoisotopic (exact) mass is 571 g/mol. The summed E-state index contributed by atoms with van der Waals surface area (Å²) in [6.07, 6.45) is 2.96. The van der Waals surface area contributed by atoms with Crippen molar-refractivity contribution in [2.24, 2.45) is 11.8 Å². The highest BCUT2D eigenvalue weighted by molar-refractivity contribution is 5.98. The molecule has 2 atom stereocenters. The summed E-state index contributed by atoms with van der Waals surface area (Å²) in [5.41, 5.74) is -0.751. The Morgan fingerprint density at radius 3 is 2.44 bits per heavy atom. The highest BCUT2D eigenvalue weighted by Gasteiger charge is 2.40. The Labute approximate surface area is 243 Å². The van der Waals surface area contributed by atoms with Crippen molar-refractivity contribution >= 4 is 23.8 Å². The Kier molecular flexibility index (Phi) is 10.0. The van der Waals surface area contributed by atoms with Gasteiger partial charge in [0.2, 0.25) is 0 Å². The third-order valence-corrected chi connectivity index (χ3v) is 6.58. The fourth-order valence-electron chi connectivity index (χ4n) is 4.68. The zero-order valence-electron chi connectivity index (χ0n) is 25.8. The molecule has 0 bridgehead atoms. The summed E-state index contributed by atoms with van der Waals surface area (Å²) in [6, 6.07) is 3.17. The van der Waals surface area contributed by atoms with Crippen LogP contribution in [-0.4, -0.2) is 76.1 Å². The molecule has 2 amide bonds. The second-order valence-electron chi connectivity index (χ2n) is 13.0. The summed E-state index contributed by atoms with van der Waals surface area (Å²) < 4.78 is 16.1. The van der Waals surface area contributed by atoms with Crippen LogP contribution in [0, 0.1) is 11.8 Å². The number of rotatable bonds is 8. The average molecular weight is 572 g/mol. The van der Waals surface area contributed by atoms with Crippen molar-refractivity contribution in [3.63, 3.8) is 0 Å². The topological polar surface area (TPSA) is 127 Å². The number of ether oxygens (including phenoxy) is 2. The molecule has 0 saturated carbocycles. The number of methoxy groups -OCH3 is 1. The lowest BCUT2D eigenvalue weighted by Gasteiger charge is -2.42. The SMILES string of the molecule is COC(=O)[C@H]1C[C@@H](N(CC(C)C)C(=O)c2cnc(C(C)(C)C)nc2NCc2ccco2)CN(C(=O)OC(C)(C)C)C1. The van der Waals surface area contributed by atoms with Gasteiger partial charge in [-0.25, -0.2) is 14.8 Å². The zero-order valence-corrected chi connectivity index (χ0v) is 25.8. The summed E-state index contributed by atoms with van der Waals surface area (Å²) >= 11 is 0. The molecule has 2 aromatic heterocycles. The van der Waals surface area contributed by atoms with Crippen LogP contribution in [0.15, 0.2) is 29.0 Å². The lowest BCUT2D eigenvalue weighted by atomic mass is 9.92. The molecule has 0 unspecified atom stereocenters. The summed E-state index contributed by atoms with van der Waals surface area (Å²) in [5, 5.41) is 3.26. The maximum atomic E-state index is 14.3. The fraction of sp³-hybridized carbons (Fsp3) is 0.633. The van der Waals surface area contributed by atoms with Crippen LogP contribution in [0.5, 0.6) is 0 Å². The van der Waals surface area contributed by atoms with Gasteiger partial charge in [0.15, 0.2) is 0 Å². The summed E-state index contributed by atoms with van der Waals surface area (Å²) in [6.45, 7) is 16.5. The first-order valence-electron chi connectivity index (χ1n) is 14.1. The minimum atomic E-state index is -0.709. The predicted octanol–water partition coefficient (Wildman–Crippen LogP) is 4.88. The van der Waals surface area contributed by atoms with E-state index in [4.69, 9.17) is 18.9 Å². The molecule has 0 radical (unpaired) electrons. The lowest BCUT2D eigenvalue weighted by molar-refractivity contribution is -0.148. The number of hydrogen-bond acceptors (Lipinski definition) is 9. The molecular formula is C30H45N5O6. The highest BCUT2D eigenvalue weighted by atomic mass is 16.6. The Bertz CT molecular complexity index is 1200. The van der Waals surface area contributed by atoms with E-state index in [0.29, 0.717) is 42.5 Å². The quantitative estimate of drug-likeness (QED) is 0.441. The van der Waals surface area contributed by atoms with E-state index in [0.717, 1.165) is 0 Å². The number of amides is 2. The molecule has 3 rings (SSSR count). The molecule has 1 fully saturated rings. The molecule has 226 valence electrons. The van der Waals surface area contributed by atoms with E-state index < -0.39 is 29.6 Å². The maximum absolute atomic E-state index is 14.3. The Hall–Kier alpha value is -3.63. The van der Waals surface area contributed by atoms with Crippen LogP contribution in [0.1, 0.15) is 83.8 Å². The number of carbonyl (C=O) groups is 3. The van der Waals surface area contributed by atoms with Crippen LogP contribution in [-0.2, 0) is 26.2 Å². The average Bonchev–Trinajstić information content (AvgIpc) is 3.41. The Balaban J connectivity index is 2.00. The van der Waals surface area contributed by atoms with E-state index in [2.05, 4.69) is 10.3 Å². The predicted molar refractivity (Wildman–Crippen MR) is 154 cm³/mol. The minimum Gasteiger partial charge on any atom is -0.469 e. The number of carbonyl (C=O) groups excluding carboxylic acids is 3. The van der Waals surface area contributed by atoms with Gasteiger partial charge in [0.1, 0.15) is 28.6 Å². The van der Waals surface area contributed by atoms with Crippen molar-refractivity contribution in [2.75, 3.05) is 32.1 Å². The van der Waals surface area contributed by atoms with Crippen molar-refractivity contribution in [3.8, 4) is 0 Å². The van der Waals surface area contributed by atoms with Gasteiger partial charge in [0.25, 0.3) is 5.91 Å². The van der Waals surface area contributed by atoms with E-state index in [1.54, 1.807) is 44.2 Å². The van der Waals surface area contributed by atoms with Crippen LogP contribution in [0.4, 0.5) is 10.6 Å². The first-order chi connectivity index (χ1) is 19.1. The van der Waals surface area contributed by atoms with Crippen LogP contribution < -0.4 is 5.32 Å². The third-order valence-electron chi connectivity index (χ3n) is 6.58. The fourth-order valence-corrected chi connectivity index (χ4v) is 4.68. The highest BCUT2D eigenvalue weighted by Crippen LogP contribution is 2.28. The van der Waals surface area contributed by atoms with Crippen LogP contribution in [0.3, 0.4) is 0 Å². The number of esters is 1. The first kappa shape index (κ1) is 31.9. The Morgan fingerprint density at radius 2 is 1.88 bits per heavy atom. The van der Waals surface area contributed by atoms with Gasteiger partial charge in [-0.15, -0.1) is 0 Å². The smallest absolute Gasteiger partial charge is 0.410 e. The van der Waals surface area contributed by atoms with Gasteiger partial charge in [-0.3, -0.25) is 9.59 Å². The minimum absolute atomic E-state index is 0.113. The van der Waals surface area contributed by atoms with Crippen molar-refractivity contribution in [3.05, 3.63) is 41.7 Å².